The van der Waals surface area contributed by atoms with Crippen molar-refractivity contribution in [1.82, 2.24) is 4.98 Å². The Hall–Kier alpha value is -0.320. The Kier molecular flexibility index (Phi) is 4.65. The highest BCUT2D eigenvalue weighted by atomic mass is 35.5. The summed E-state index contributed by atoms with van der Waals surface area (Å²) >= 11 is 7.49. The number of rotatable bonds is 7. The van der Waals surface area contributed by atoms with Crippen LogP contribution in [0.4, 0.5) is 5.13 Å². The third-order valence-electron chi connectivity index (χ3n) is 3.25. The Bertz CT molecular complexity index is 354. The molecule has 1 aliphatic carbocycles. The minimum atomic E-state index is 0.492. The minimum Gasteiger partial charge on any atom is -0.383 e. The molecule has 0 saturated heterocycles. The smallest absolute Gasteiger partial charge is 0.185 e. The first kappa shape index (κ1) is 13.1. The summed E-state index contributed by atoms with van der Waals surface area (Å²) in [5, 5.41) is 3.12. The molecule has 17 heavy (non-hydrogen) atoms. The van der Waals surface area contributed by atoms with E-state index in [0.29, 0.717) is 11.9 Å². The minimum absolute atomic E-state index is 0.492. The quantitative estimate of drug-likeness (QED) is 0.715. The Balaban J connectivity index is 2.07. The van der Waals surface area contributed by atoms with Crippen LogP contribution in [0.15, 0.2) is 5.38 Å². The third-order valence-corrected chi connectivity index (χ3v) is 4.45. The molecule has 1 aromatic heterocycles. The topological polar surface area (TPSA) is 25.4 Å². The zero-order valence-electron chi connectivity index (χ0n) is 10.4. The molecule has 1 aromatic rings. The van der Waals surface area contributed by atoms with E-state index in [4.69, 9.17) is 16.3 Å². The normalized spacial score (nSPS) is 17.1. The molecule has 1 saturated carbocycles. The molecule has 0 aromatic carbocycles. The van der Waals surface area contributed by atoms with Crippen LogP contribution in [0.1, 0.15) is 25.5 Å². The van der Waals surface area contributed by atoms with Crippen molar-refractivity contribution in [3.63, 3.8) is 0 Å². The molecule has 1 fully saturated rings. The zero-order chi connectivity index (χ0) is 12.3. The molecule has 0 aliphatic heterocycles. The molecular weight excluding hydrogens is 256 g/mol. The van der Waals surface area contributed by atoms with E-state index in [2.05, 4.69) is 16.8 Å². The zero-order valence-corrected chi connectivity index (χ0v) is 11.9. The highest BCUT2D eigenvalue weighted by molar-refractivity contribution is 7.13. The second-order valence-electron chi connectivity index (χ2n) is 4.52. The monoisotopic (exact) mass is 274 g/mol. The van der Waals surface area contributed by atoms with Gasteiger partial charge in [0.25, 0.3) is 0 Å². The lowest BCUT2D eigenvalue weighted by atomic mass is 10.2. The van der Waals surface area contributed by atoms with E-state index in [1.165, 1.54) is 12.8 Å². The molecule has 1 aliphatic rings. The molecule has 1 heterocycles. The molecule has 0 amide bonds. The average Bonchev–Trinajstić information content (AvgIpc) is 3.09. The van der Waals surface area contributed by atoms with Gasteiger partial charge < -0.3 is 9.64 Å². The molecule has 5 heteroatoms. The second-order valence-corrected chi connectivity index (χ2v) is 5.62. The van der Waals surface area contributed by atoms with Gasteiger partial charge in [-0.15, -0.1) is 22.9 Å². The van der Waals surface area contributed by atoms with Crippen molar-refractivity contribution in [2.45, 2.75) is 31.7 Å². The maximum atomic E-state index is 5.80. The molecule has 1 unspecified atom stereocenters. The van der Waals surface area contributed by atoms with Crippen molar-refractivity contribution in [2.24, 2.45) is 5.92 Å². The van der Waals surface area contributed by atoms with Gasteiger partial charge in [-0.25, -0.2) is 4.98 Å². The van der Waals surface area contributed by atoms with Gasteiger partial charge in [-0.05, 0) is 25.7 Å². The van der Waals surface area contributed by atoms with Crippen LogP contribution in [0.3, 0.4) is 0 Å². The van der Waals surface area contributed by atoms with Gasteiger partial charge in [-0.3, -0.25) is 0 Å². The number of halogens is 1. The van der Waals surface area contributed by atoms with Crippen LogP contribution in [0.2, 0.25) is 0 Å². The van der Waals surface area contributed by atoms with E-state index in [1.807, 2.05) is 5.38 Å². The number of hydrogen-bond donors (Lipinski definition) is 0. The maximum absolute atomic E-state index is 5.80. The van der Waals surface area contributed by atoms with Crippen molar-refractivity contribution in [1.29, 1.82) is 0 Å². The molecular formula is C12H19ClN2OS. The Morgan fingerprint density at radius 1 is 1.65 bits per heavy atom. The second kappa shape index (κ2) is 6.03. The lowest BCUT2D eigenvalue weighted by Crippen LogP contribution is -2.37. The summed E-state index contributed by atoms with van der Waals surface area (Å²) in [5.41, 5.74) is 0.970. The fourth-order valence-electron chi connectivity index (χ4n) is 1.99. The number of methoxy groups -OCH3 is 1. The molecule has 0 radical (unpaired) electrons. The number of nitrogens with zero attached hydrogens (tertiary/aromatic N) is 2. The number of ether oxygens (including phenoxy) is 1. The van der Waals surface area contributed by atoms with Gasteiger partial charge in [0.05, 0.1) is 18.2 Å². The van der Waals surface area contributed by atoms with Crippen LogP contribution in [0.5, 0.6) is 0 Å². The van der Waals surface area contributed by atoms with Crippen LogP contribution < -0.4 is 4.90 Å². The Labute approximate surface area is 112 Å². The van der Waals surface area contributed by atoms with Gasteiger partial charge in [0, 0.05) is 25.1 Å². The molecule has 3 nitrogen and oxygen atoms in total. The van der Waals surface area contributed by atoms with Crippen molar-refractivity contribution < 1.29 is 4.74 Å². The van der Waals surface area contributed by atoms with Gasteiger partial charge in [-0.2, -0.15) is 0 Å². The SMILES string of the molecule is COCCN(c1nc(CCl)cs1)C(C)C1CC1. The molecule has 2 rings (SSSR count). The molecule has 96 valence electrons. The van der Waals surface area contributed by atoms with Crippen LogP contribution in [-0.4, -0.2) is 31.3 Å². The summed E-state index contributed by atoms with van der Waals surface area (Å²) in [4.78, 5) is 6.93. The van der Waals surface area contributed by atoms with E-state index < -0.39 is 0 Å². The summed E-state index contributed by atoms with van der Waals surface area (Å²) in [6, 6.07) is 0.555. The van der Waals surface area contributed by atoms with Crippen molar-refractivity contribution >= 4 is 28.1 Å². The van der Waals surface area contributed by atoms with Crippen LogP contribution in [0, 0.1) is 5.92 Å². The summed E-state index contributed by atoms with van der Waals surface area (Å²) in [6.45, 7) is 3.94. The summed E-state index contributed by atoms with van der Waals surface area (Å²) in [7, 11) is 1.74. The highest BCUT2D eigenvalue weighted by Crippen LogP contribution is 2.37. The predicted molar refractivity (Wildman–Crippen MR) is 73.1 cm³/mol. The number of alkyl halides is 1. The van der Waals surface area contributed by atoms with E-state index >= 15 is 0 Å². The van der Waals surface area contributed by atoms with Crippen molar-refractivity contribution in [3.8, 4) is 0 Å². The first-order valence-electron chi connectivity index (χ1n) is 6.02. The Morgan fingerprint density at radius 3 is 2.94 bits per heavy atom. The molecule has 1 atom stereocenters. The maximum Gasteiger partial charge on any atom is 0.185 e. The van der Waals surface area contributed by atoms with E-state index in [1.54, 1.807) is 18.4 Å². The van der Waals surface area contributed by atoms with Crippen LogP contribution in [-0.2, 0) is 10.6 Å². The van der Waals surface area contributed by atoms with Gasteiger partial charge in [0.2, 0.25) is 0 Å². The van der Waals surface area contributed by atoms with E-state index in [9.17, 15) is 0 Å². The molecule has 0 spiro atoms. The lowest BCUT2D eigenvalue weighted by Gasteiger charge is -2.28. The lowest BCUT2D eigenvalue weighted by molar-refractivity contribution is 0.202. The Morgan fingerprint density at radius 2 is 2.41 bits per heavy atom. The van der Waals surface area contributed by atoms with Gasteiger partial charge in [0.1, 0.15) is 0 Å². The predicted octanol–water partition coefficient (Wildman–Crippen LogP) is 3.13. The molecule has 0 bridgehead atoms. The fourth-order valence-corrected chi connectivity index (χ4v) is 3.15. The average molecular weight is 275 g/mol. The largest absolute Gasteiger partial charge is 0.383 e. The first-order valence-corrected chi connectivity index (χ1v) is 7.43. The third kappa shape index (κ3) is 3.33. The number of aromatic nitrogens is 1. The molecule has 0 N–H and O–H groups in total. The van der Waals surface area contributed by atoms with Crippen molar-refractivity contribution in [3.05, 3.63) is 11.1 Å². The first-order chi connectivity index (χ1) is 8.26. The van der Waals surface area contributed by atoms with Gasteiger partial charge >= 0.3 is 0 Å². The summed E-state index contributed by atoms with van der Waals surface area (Å²) in [5.74, 6) is 1.32. The highest BCUT2D eigenvalue weighted by Gasteiger charge is 2.33. The number of thiazole rings is 1. The summed E-state index contributed by atoms with van der Waals surface area (Å²) < 4.78 is 5.19. The van der Waals surface area contributed by atoms with Crippen molar-refractivity contribution in [2.75, 3.05) is 25.2 Å². The number of hydrogen-bond acceptors (Lipinski definition) is 4. The van der Waals surface area contributed by atoms with Gasteiger partial charge in [0.15, 0.2) is 5.13 Å². The van der Waals surface area contributed by atoms with Crippen LogP contribution in [0.25, 0.3) is 0 Å². The van der Waals surface area contributed by atoms with E-state index in [-0.39, 0.29) is 0 Å². The van der Waals surface area contributed by atoms with E-state index in [0.717, 1.165) is 29.9 Å². The van der Waals surface area contributed by atoms with Gasteiger partial charge in [-0.1, -0.05) is 0 Å². The standard InChI is InChI=1S/C12H19ClN2OS/c1-9(10-3-4-10)15(5-6-16-2)12-14-11(7-13)8-17-12/h8-10H,3-7H2,1-2H3. The van der Waals surface area contributed by atoms with Crippen LogP contribution >= 0.6 is 22.9 Å². The summed E-state index contributed by atoms with van der Waals surface area (Å²) in [6.07, 6.45) is 2.69. The fraction of sp³-hybridized carbons (Fsp3) is 0.750. The number of anilines is 1.